The largest absolute Gasteiger partial charge is 0.336 e. The molecule has 1 N–H and O–H groups in total. The number of benzene rings is 3. The molecule has 0 atom stereocenters. The highest BCUT2D eigenvalue weighted by molar-refractivity contribution is 7.92. The Bertz CT molecular complexity index is 1290. The zero-order valence-electron chi connectivity index (χ0n) is 18.7. The van der Waals surface area contributed by atoms with Gasteiger partial charge in [-0.25, -0.2) is 17.2 Å². The number of halogens is 2. The van der Waals surface area contributed by atoms with Gasteiger partial charge in [-0.2, -0.15) is 0 Å². The van der Waals surface area contributed by atoms with Crippen LogP contribution in [0.25, 0.3) is 0 Å². The van der Waals surface area contributed by atoms with Crippen molar-refractivity contribution >= 4 is 21.6 Å². The van der Waals surface area contributed by atoms with E-state index in [9.17, 15) is 22.0 Å². The molecule has 1 aliphatic rings. The number of anilines is 1. The molecule has 1 saturated heterocycles. The number of nitrogens with zero attached hydrogens (tertiary/aromatic N) is 2. The summed E-state index contributed by atoms with van der Waals surface area (Å²) in [6.45, 7) is 4.31. The fourth-order valence-electron chi connectivity index (χ4n) is 3.88. The van der Waals surface area contributed by atoms with Crippen molar-refractivity contribution in [3.05, 3.63) is 95.1 Å². The Balaban J connectivity index is 1.45. The molecule has 1 heterocycles. The summed E-state index contributed by atoms with van der Waals surface area (Å²) in [7, 11) is -3.96. The molecule has 0 spiro atoms. The summed E-state index contributed by atoms with van der Waals surface area (Å²) in [4.78, 5) is 16.9. The minimum atomic E-state index is -3.96. The number of carbonyl (C=O) groups is 1. The van der Waals surface area contributed by atoms with Crippen LogP contribution in [0.2, 0.25) is 0 Å². The third-order valence-electron chi connectivity index (χ3n) is 5.86. The van der Waals surface area contributed by atoms with Gasteiger partial charge in [0.15, 0.2) is 0 Å². The number of nitrogens with one attached hydrogen (secondary N) is 1. The zero-order valence-corrected chi connectivity index (χ0v) is 19.5. The normalized spacial score (nSPS) is 14.7. The molecule has 0 saturated carbocycles. The molecule has 4 rings (SSSR count). The van der Waals surface area contributed by atoms with Crippen molar-refractivity contribution < 1.29 is 22.0 Å². The number of aryl methyl sites for hydroxylation is 1. The van der Waals surface area contributed by atoms with Crippen LogP contribution >= 0.6 is 0 Å². The number of amides is 1. The molecule has 0 bridgehead atoms. The van der Waals surface area contributed by atoms with E-state index in [-0.39, 0.29) is 22.3 Å². The highest BCUT2D eigenvalue weighted by Gasteiger charge is 2.25. The summed E-state index contributed by atoms with van der Waals surface area (Å²) in [5.74, 6) is -0.967. The van der Waals surface area contributed by atoms with E-state index in [0.717, 1.165) is 12.1 Å². The summed E-state index contributed by atoms with van der Waals surface area (Å²) < 4.78 is 55.1. The van der Waals surface area contributed by atoms with Crippen molar-refractivity contribution in [2.75, 3.05) is 30.9 Å². The van der Waals surface area contributed by atoms with E-state index < -0.39 is 15.8 Å². The Morgan fingerprint density at radius 2 is 1.62 bits per heavy atom. The number of sulfonamides is 1. The Morgan fingerprint density at radius 3 is 2.29 bits per heavy atom. The van der Waals surface area contributed by atoms with E-state index in [1.54, 1.807) is 36.1 Å². The van der Waals surface area contributed by atoms with E-state index in [4.69, 9.17) is 0 Å². The highest BCUT2D eigenvalue weighted by atomic mass is 32.2. The van der Waals surface area contributed by atoms with Crippen LogP contribution in [0.5, 0.6) is 0 Å². The molecule has 178 valence electrons. The van der Waals surface area contributed by atoms with E-state index in [1.165, 1.54) is 30.3 Å². The molecule has 1 amide bonds. The molecule has 34 heavy (non-hydrogen) atoms. The average Bonchev–Trinajstić information content (AvgIpc) is 2.82. The first-order chi connectivity index (χ1) is 16.2. The molecule has 6 nitrogen and oxygen atoms in total. The predicted molar refractivity (Wildman–Crippen MR) is 126 cm³/mol. The van der Waals surface area contributed by atoms with Crippen LogP contribution in [-0.2, 0) is 16.6 Å². The van der Waals surface area contributed by atoms with Crippen molar-refractivity contribution in [2.45, 2.75) is 18.4 Å². The van der Waals surface area contributed by atoms with Gasteiger partial charge in [0.05, 0.1) is 4.90 Å². The summed E-state index contributed by atoms with van der Waals surface area (Å²) in [5.41, 5.74) is 1.81. The second kappa shape index (κ2) is 9.90. The first-order valence-electron chi connectivity index (χ1n) is 10.9. The molecule has 1 aliphatic heterocycles. The second-order valence-corrected chi connectivity index (χ2v) is 9.93. The Labute approximate surface area is 197 Å². The number of carbonyl (C=O) groups excluding carboxylic acids is 1. The number of rotatable bonds is 6. The first-order valence-corrected chi connectivity index (χ1v) is 12.4. The molecule has 0 aromatic heterocycles. The third kappa shape index (κ3) is 5.43. The second-order valence-electron chi connectivity index (χ2n) is 8.25. The lowest BCUT2D eigenvalue weighted by Crippen LogP contribution is -2.48. The van der Waals surface area contributed by atoms with E-state index in [1.807, 2.05) is 0 Å². The van der Waals surface area contributed by atoms with Crippen molar-refractivity contribution in [1.82, 2.24) is 9.80 Å². The highest BCUT2D eigenvalue weighted by Crippen LogP contribution is 2.22. The van der Waals surface area contributed by atoms with Gasteiger partial charge in [0, 0.05) is 49.5 Å². The van der Waals surface area contributed by atoms with Gasteiger partial charge in [-0.1, -0.05) is 24.3 Å². The number of hydrogen-bond acceptors (Lipinski definition) is 4. The maximum atomic E-state index is 13.9. The number of hydrogen-bond donors (Lipinski definition) is 1. The van der Waals surface area contributed by atoms with E-state index in [2.05, 4.69) is 9.62 Å². The molecule has 9 heteroatoms. The Kier molecular flexibility index (Phi) is 6.95. The van der Waals surface area contributed by atoms with Gasteiger partial charge in [0.1, 0.15) is 11.6 Å². The fourth-order valence-corrected chi connectivity index (χ4v) is 4.96. The predicted octanol–water partition coefficient (Wildman–Crippen LogP) is 4.03. The van der Waals surface area contributed by atoms with E-state index >= 15 is 0 Å². The summed E-state index contributed by atoms with van der Waals surface area (Å²) in [6, 6.07) is 16.0. The molecule has 0 radical (unpaired) electrons. The minimum absolute atomic E-state index is 0.0519. The standard InChI is InChI=1S/C25H25F2N3O3S/c1-18-6-11-22(34(32,33)28-21-9-7-20(26)8-10-21)16-23(18)25(31)30-14-12-29(13-15-30)17-19-4-2-3-5-24(19)27/h2-11,16,28H,12-15,17H2,1H3. The lowest BCUT2D eigenvalue weighted by atomic mass is 10.1. The zero-order chi connectivity index (χ0) is 24.3. The van der Waals surface area contributed by atoms with Crippen LogP contribution in [0.1, 0.15) is 21.5 Å². The lowest BCUT2D eigenvalue weighted by molar-refractivity contribution is 0.0626. The summed E-state index contributed by atoms with van der Waals surface area (Å²) in [6.07, 6.45) is 0. The van der Waals surface area contributed by atoms with Crippen molar-refractivity contribution in [2.24, 2.45) is 0 Å². The molecular weight excluding hydrogens is 460 g/mol. The monoisotopic (exact) mass is 485 g/mol. The minimum Gasteiger partial charge on any atom is -0.336 e. The van der Waals surface area contributed by atoms with Gasteiger partial charge in [0.25, 0.3) is 15.9 Å². The molecule has 0 unspecified atom stereocenters. The van der Waals surface area contributed by atoms with E-state index in [0.29, 0.717) is 49.4 Å². The van der Waals surface area contributed by atoms with Gasteiger partial charge in [-0.15, -0.1) is 0 Å². The van der Waals surface area contributed by atoms with Gasteiger partial charge in [-0.3, -0.25) is 14.4 Å². The fraction of sp³-hybridized carbons (Fsp3) is 0.240. The van der Waals surface area contributed by atoms with Gasteiger partial charge in [0.2, 0.25) is 0 Å². The lowest BCUT2D eigenvalue weighted by Gasteiger charge is -2.35. The van der Waals surface area contributed by atoms with Crippen LogP contribution < -0.4 is 4.72 Å². The average molecular weight is 486 g/mol. The van der Waals surface area contributed by atoms with Crippen LogP contribution in [-0.4, -0.2) is 50.3 Å². The maximum absolute atomic E-state index is 13.9. The van der Waals surface area contributed by atoms with Crippen LogP contribution in [0.3, 0.4) is 0 Å². The van der Waals surface area contributed by atoms with Gasteiger partial charge < -0.3 is 4.90 Å². The van der Waals surface area contributed by atoms with Crippen LogP contribution in [0.4, 0.5) is 14.5 Å². The summed E-state index contributed by atoms with van der Waals surface area (Å²) >= 11 is 0. The van der Waals surface area contributed by atoms with Crippen molar-refractivity contribution in [3.63, 3.8) is 0 Å². The Morgan fingerprint density at radius 1 is 0.941 bits per heavy atom. The SMILES string of the molecule is Cc1ccc(S(=O)(=O)Nc2ccc(F)cc2)cc1C(=O)N1CCN(Cc2ccccc2F)CC1. The molecule has 3 aromatic carbocycles. The van der Waals surface area contributed by atoms with Crippen LogP contribution in [0.15, 0.2) is 71.6 Å². The molecule has 1 fully saturated rings. The molecule has 3 aromatic rings. The van der Waals surface area contributed by atoms with Gasteiger partial charge >= 0.3 is 0 Å². The smallest absolute Gasteiger partial charge is 0.261 e. The van der Waals surface area contributed by atoms with Gasteiger partial charge in [-0.05, 0) is 55.0 Å². The quantitative estimate of drug-likeness (QED) is 0.572. The van der Waals surface area contributed by atoms with Crippen molar-refractivity contribution in [1.29, 1.82) is 0 Å². The van der Waals surface area contributed by atoms with Crippen molar-refractivity contribution in [3.8, 4) is 0 Å². The molecule has 0 aliphatic carbocycles. The Hall–Kier alpha value is -3.30. The van der Waals surface area contributed by atoms with Crippen LogP contribution in [0, 0.1) is 18.6 Å². The topological polar surface area (TPSA) is 69.7 Å². The molecular formula is C25H25F2N3O3S. The third-order valence-corrected chi connectivity index (χ3v) is 7.24. The summed E-state index contributed by atoms with van der Waals surface area (Å²) in [5, 5.41) is 0. The maximum Gasteiger partial charge on any atom is 0.261 e. The first kappa shape index (κ1) is 23.8. The number of piperazine rings is 1.